The maximum absolute atomic E-state index is 12.3. The fourth-order valence-corrected chi connectivity index (χ4v) is 2.90. The number of nitrogens with zero attached hydrogens (tertiary/aromatic N) is 3. The van der Waals surface area contributed by atoms with E-state index in [1.165, 1.54) is 0 Å². The highest BCUT2D eigenvalue weighted by Gasteiger charge is 2.22. The molecule has 1 heterocycles. The van der Waals surface area contributed by atoms with Gasteiger partial charge >= 0.3 is 5.97 Å². The molecule has 6 heteroatoms. The van der Waals surface area contributed by atoms with Crippen molar-refractivity contribution in [2.24, 2.45) is 0 Å². The van der Waals surface area contributed by atoms with Crippen molar-refractivity contribution >= 4 is 11.9 Å². The number of carbonyl (C=O) groups excluding carboxylic acids is 1. The zero-order valence-corrected chi connectivity index (χ0v) is 14.6. The fourth-order valence-electron chi connectivity index (χ4n) is 2.90. The second-order valence-corrected chi connectivity index (χ2v) is 6.12. The first-order valence-corrected chi connectivity index (χ1v) is 8.58. The van der Waals surface area contributed by atoms with E-state index < -0.39 is 5.97 Å². The lowest BCUT2D eigenvalue weighted by atomic mass is 10.1. The van der Waals surface area contributed by atoms with Gasteiger partial charge in [0, 0.05) is 32.7 Å². The third kappa shape index (κ3) is 5.04. The van der Waals surface area contributed by atoms with Crippen molar-refractivity contribution in [3.05, 3.63) is 35.4 Å². The Balaban J connectivity index is 1.80. The van der Waals surface area contributed by atoms with Gasteiger partial charge in [-0.1, -0.05) is 26.0 Å². The summed E-state index contributed by atoms with van der Waals surface area (Å²) < 4.78 is 0. The van der Waals surface area contributed by atoms with Crippen LogP contribution in [0.15, 0.2) is 24.3 Å². The third-order valence-electron chi connectivity index (χ3n) is 4.59. The molecule has 0 atom stereocenters. The quantitative estimate of drug-likeness (QED) is 0.816. The normalized spacial score (nSPS) is 15.7. The maximum atomic E-state index is 12.3. The second kappa shape index (κ2) is 8.80. The molecule has 0 unspecified atom stereocenters. The highest BCUT2D eigenvalue weighted by atomic mass is 16.4. The Morgan fingerprint density at radius 3 is 2.12 bits per heavy atom. The van der Waals surface area contributed by atoms with Crippen molar-refractivity contribution in [3.8, 4) is 0 Å². The van der Waals surface area contributed by atoms with Crippen LogP contribution in [-0.4, -0.2) is 77.5 Å². The number of hydrogen-bond donors (Lipinski definition) is 1. The number of carboxylic acids is 1. The van der Waals surface area contributed by atoms with Crippen LogP contribution >= 0.6 is 0 Å². The number of carboxylic acid groups (broad SMARTS) is 1. The van der Waals surface area contributed by atoms with Gasteiger partial charge in [0.05, 0.1) is 12.1 Å². The number of carbonyl (C=O) groups is 2. The summed E-state index contributed by atoms with van der Waals surface area (Å²) in [4.78, 5) is 29.6. The molecule has 1 aromatic rings. The van der Waals surface area contributed by atoms with Crippen LogP contribution in [0.2, 0.25) is 0 Å². The summed E-state index contributed by atoms with van der Waals surface area (Å²) in [5, 5.41) is 8.93. The molecule has 0 aliphatic carbocycles. The highest BCUT2D eigenvalue weighted by molar-refractivity contribution is 5.87. The van der Waals surface area contributed by atoms with Crippen LogP contribution in [-0.2, 0) is 11.3 Å². The van der Waals surface area contributed by atoms with Crippen molar-refractivity contribution in [2.75, 3.05) is 45.8 Å². The molecular formula is C18H27N3O3. The SMILES string of the molecule is CCN(CC)CC(=O)N1CCN(Cc2ccc(C(=O)O)cc2)CC1. The topological polar surface area (TPSA) is 64.1 Å². The summed E-state index contributed by atoms with van der Waals surface area (Å²) in [6.45, 7) is 10.5. The first kappa shape index (κ1) is 18.4. The predicted octanol–water partition coefficient (Wildman–Crippen LogP) is 1.37. The molecule has 6 nitrogen and oxygen atoms in total. The van der Waals surface area contributed by atoms with Gasteiger partial charge in [0.15, 0.2) is 0 Å². The van der Waals surface area contributed by atoms with E-state index in [1.54, 1.807) is 12.1 Å². The average molecular weight is 333 g/mol. The van der Waals surface area contributed by atoms with Crippen LogP contribution in [0.1, 0.15) is 29.8 Å². The monoisotopic (exact) mass is 333 g/mol. The molecule has 0 spiro atoms. The summed E-state index contributed by atoms with van der Waals surface area (Å²) in [6.07, 6.45) is 0. The molecule has 0 saturated carbocycles. The molecule has 24 heavy (non-hydrogen) atoms. The minimum absolute atomic E-state index is 0.212. The molecule has 1 amide bonds. The number of benzene rings is 1. The largest absolute Gasteiger partial charge is 0.478 e. The Morgan fingerprint density at radius 1 is 1.04 bits per heavy atom. The number of likely N-dealkylation sites (N-methyl/N-ethyl adjacent to an activating group) is 1. The van der Waals surface area contributed by atoms with E-state index in [1.807, 2.05) is 17.0 Å². The van der Waals surface area contributed by atoms with Gasteiger partial charge < -0.3 is 10.0 Å². The standard InChI is InChI=1S/C18H27N3O3/c1-3-19(4-2)14-17(22)21-11-9-20(10-12-21)13-15-5-7-16(8-6-15)18(23)24/h5-8H,3-4,9-14H2,1-2H3,(H,23,24). The zero-order valence-electron chi connectivity index (χ0n) is 14.6. The first-order chi connectivity index (χ1) is 11.5. The van der Waals surface area contributed by atoms with Crippen molar-refractivity contribution < 1.29 is 14.7 Å². The van der Waals surface area contributed by atoms with E-state index in [0.717, 1.165) is 51.4 Å². The van der Waals surface area contributed by atoms with Gasteiger partial charge in [0.25, 0.3) is 0 Å². The van der Waals surface area contributed by atoms with Gasteiger partial charge in [-0.3, -0.25) is 14.6 Å². The van der Waals surface area contributed by atoms with Crippen molar-refractivity contribution in [1.29, 1.82) is 0 Å². The van der Waals surface area contributed by atoms with E-state index in [9.17, 15) is 9.59 Å². The Morgan fingerprint density at radius 2 is 1.62 bits per heavy atom. The molecule has 1 saturated heterocycles. The van der Waals surface area contributed by atoms with Gasteiger partial charge in [0.2, 0.25) is 5.91 Å². The van der Waals surface area contributed by atoms with Crippen molar-refractivity contribution in [1.82, 2.24) is 14.7 Å². The number of aromatic carboxylic acids is 1. The molecule has 2 rings (SSSR count). The average Bonchev–Trinajstić information content (AvgIpc) is 2.60. The Labute approximate surface area is 143 Å². The molecule has 1 aromatic carbocycles. The minimum atomic E-state index is -0.901. The Hall–Kier alpha value is -1.92. The van der Waals surface area contributed by atoms with Gasteiger partial charge in [-0.05, 0) is 30.8 Å². The lowest BCUT2D eigenvalue weighted by molar-refractivity contribution is -0.134. The van der Waals surface area contributed by atoms with Crippen LogP contribution in [0.5, 0.6) is 0 Å². The Kier molecular flexibility index (Phi) is 6.75. The van der Waals surface area contributed by atoms with Gasteiger partial charge in [-0.15, -0.1) is 0 Å². The summed E-state index contributed by atoms with van der Waals surface area (Å²) in [6, 6.07) is 7.01. The second-order valence-electron chi connectivity index (χ2n) is 6.12. The summed E-state index contributed by atoms with van der Waals surface area (Å²) in [7, 11) is 0. The van der Waals surface area contributed by atoms with Crippen LogP contribution < -0.4 is 0 Å². The Bertz CT molecular complexity index is 547. The van der Waals surface area contributed by atoms with Crippen molar-refractivity contribution in [3.63, 3.8) is 0 Å². The van der Waals surface area contributed by atoms with Crippen LogP contribution in [0.25, 0.3) is 0 Å². The van der Waals surface area contributed by atoms with Gasteiger partial charge in [0.1, 0.15) is 0 Å². The summed E-state index contributed by atoms with van der Waals surface area (Å²) in [5.74, 6) is -0.689. The lowest BCUT2D eigenvalue weighted by Gasteiger charge is -2.35. The molecule has 1 aliphatic rings. The number of rotatable bonds is 7. The molecule has 0 radical (unpaired) electrons. The van der Waals surface area contributed by atoms with E-state index in [0.29, 0.717) is 12.1 Å². The molecular weight excluding hydrogens is 306 g/mol. The molecule has 1 aliphatic heterocycles. The zero-order chi connectivity index (χ0) is 17.5. The van der Waals surface area contributed by atoms with E-state index in [2.05, 4.69) is 23.6 Å². The maximum Gasteiger partial charge on any atom is 0.335 e. The smallest absolute Gasteiger partial charge is 0.335 e. The minimum Gasteiger partial charge on any atom is -0.478 e. The number of piperazine rings is 1. The fraction of sp³-hybridized carbons (Fsp3) is 0.556. The summed E-state index contributed by atoms with van der Waals surface area (Å²) in [5.41, 5.74) is 1.41. The molecule has 132 valence electrons. The van der Waals surface area contributed by atoms with E-state index >= 15 is 0 Å². The highest BCUT2D eigenvalue weighted by Crippen LogP contribution is 2.11. The molecule has 1 N–H and O–H groups in total. The van der Waals surface area contributed by atoms with Gasteiger partial charge in [-0.25, -0.2) is 4.79 Å². The molecule has 0 aromatic heterocycles. The molecule has 1 fully saturated rings. The number of hydrogen-bond acceptors (Lipinski definition) is 4. The van der Waals surface area contributed by atoms with Gasteiger partial charge in [-0.2, -0.15) is 0 Å². The predicted molar refractivity (Wildman–Crippen MR) is 93.0 cm³/mol. The third-order valence-corrected chi connectivity index (χ3v) is 4.59. The van der Waals surface area contributed by atoms with Crippen molar-refractivity contribution in [2.45, 2.75) is 20.4 Å². The lowest BCUT2D eigenvalue weighted by Crippen LogP contribution is -2.50. The first-order valence-electron chi connectivity index (χ1n) is 8.58. The van der Waals surface area contributed by atoms with Crippen LogP contribution in [0, 0.1) is 0 Å². The van der Waals surface area contributed by atoms with E-state index in [-0.39, 0.29) is 5.91 Å². The van der Waals surface area contributed by atoms with Crippen LogP contribution in [0.3, 0.4) is 0 Å². The molecule has 0 bridgehead atoms. The van der Waals surface area contributed by atoms with E-state index in [4.69, 9.17) is 5.11 Å². The summed E-state index contributed by atoms with van der Waals surface area (Å²) >= 11 is 0. The van der Waals surface area contributed by atoms with Crippen LogP contribution in [0.4, 0.5) is 0 Å². The number of amides is 1.